The minimum absolute atomic E-state index is 0.0951. The second-order valence-corrected chi connectivity index (χ2v) is 7.89. The lowest BCUT2D eigenvalue weighted by Gasteiger charge is -2.23. The van der Waals surface area contributed by atoms with Crippen LogP contribution in [0.2, 0.25) is 0 Å². The summed E-state index contributed by atoms with van der Waals surface area (Å²) in [6, 6.07) is 10.0. The van der Waals surface area contributed by atoms with Gasteiger partial charge in [-0.3, -0.25) is 9.69 Å². The number of likely N-dealkylation sites (N-methyl/N-ethyl adjacent to an activating group) is 1. The van der Waals surface area contributed by atoms with Gasteiger partial charge in [0.1, 0.15) is 17.3 Å². The Morgan fingerprint density at radius 2 is 2.18 bits per heavy atom. The van der Waals surface area contributed by atoms with Gasteiger partial charge in [0.15, 0.2) is 5.13 Å². The number of carbonyl (C=O) groups is 1. The first-order valence-corrected chi connectivity index (χ1v) is 10.3. The van der Waals surface area contributed by atoms with Crippen LogP contribution in [0.3, 0.4) is 0 Å². The summed E-state index contributed by atoms with van der Waals surface area (Å²) in [5.41, 5.74) is 1.53. The second-order valence-electron chi connectivity index (χ2n) is 6.80. The van der Waals surface area contributed by atoms with E-state index in [1.54, 1.807) is 41.7 Å². The van der Waals surface area contributed by atoms with Crippen LogP contribution in [-0.2, 0) is 24.2 Å². The topological polar surface area (TPSA) is 58.4 Å². The van der Waals surface area contributed by atoms with Crippen LogP contribution in [0.1, 0.15) is 29.7 Å². The van der Waals surface area contributed by atoms with Crippen LogP contribution in [0.15, 0.2) is 40.8 Å². The number of furan rings is 1. The number of fused-ring (bicyclic) bond motifs is 1. The van der Waals surface area contributed by atoms with Crippen molar-refractivity contribution < 1.29 is 13.6 Å². The molecule has 1 aromatic carbocycles. The van der Waals surface area contributed by atoms with E-state index in [0.29, 0.717) is 28.6 Å². The molecule has 1 amide bonds. The average molecular weight is 399 g/mol. The summed E-state index contributed by atoms with van der Waals surface area (Å²) in [5, 5.41) is 3.56. The van der Waals surface area contributed by atoms with E-state index < -0.39 is 0 Å². The predicted molar refractivity (Wildman–Crippen MR) is 108 cm³/mol. The number of aromatic nitrogens is 1. The van der Waals surface area contributed by atoms with E-state index >= 15 is 0 Å². The van der Waals surface area contributed by atoms with E-state index in [1.807, 2.05) is 0 Å². The van der Waals surface area contributed by atoms with Crippen molar-refractivity contribution in [2.75, 3.05) is 18.4 Å². The largest absolute Gasteiger partial charge is 0.461 e. The average Bonchev–Trinajstić information content (AvgIpc) is 3.32. The van der Waals surface area contributed by atoms with E-state index in [1.165, 1.54) is 10.9 Å². The molecule has 28 heavy (non-hydrogen) atoms. The minimum Gasteiger partial charge on any atom is -0.461 e. The van der Waals surface area contributed by atoms with Crippen molar-refractivity contribution in [3.05, 3.63) is 58.5 Å². The zero-order valence-electron chi connectivity index (χ0n) is 15.7. The van der Waals surface area contributed by atoms with Gasteiger partial charge in [-0.1, -0.05) is 19.1 Å². The first-order chi connectivity index (χ1) is 13.6. The number of carbonyl (C=O) groups excluding carboxylic acids is 1. The molecule has 5 nitrogen and oxygen atoms in total. The van der Waals surface area contributed by atoms with E-state index in [4.69, 9.17) is 4.42 Å². The molecule has 0 saturated carbocycles. The van der Waals surface area contributed by atoms with Gasteiger partial charge in [0, 0.05) is 37.2 Å². The molecule has 0 bridgehead atoms. The van der Waals surface area contributed by atoms with Gasteiger partial charge < -0.3 is 9.73 Å². The number of hydrogen-bond acceptors (Lipinski definition) is 5. The van der Waals surface area contributed by atoms with Gasteiger partial charge in [-0.2, -0.15) is 0 Å². The summed E-state index contributed by atoms with van der Waals surface area (Å²) in [7, 11) is 0. The fourth-order valence-electron chi connectivity index (χ4n) is 3.31. The Bertz CT molecular complexity index is 982. The Balaban J connectivity index is 1.33. The lowest BCUT2D eigenvalue weighted by Crippen LogP contribution is -2.29. The van der Waals surface area contributed by atoms with E-state index in [9.17, 15) is 9.18 Å². The molecule has 146 valence electrons. The SMILES string of the molecule is CCN1CCc2nc(NC(=O)CCc3ccc(-c4ccccc4F)o3)sc2C1. The quantitative estimate of drug-likeness (QED) is 0.663. The van der Waals surface area contributed by atoms with Gasteiger partial charge >= 0.3 is 0 Å². The number of hydrogen-bond donors (Lipinski definition) is 1. The molecule has 1 N–H and O–H groups in total. The summed E-state index contributed by atoms with van der Waals surface area (Å²) in [4.78, 5) is 20.5. The van der Waals surface area contributed by atoms with Gasteiger partial charge in [-0.05, 0) is 30.8 Å². The third-order valence-electron chi connectivity index (χ3n) is 4.90. The Kier molecular flexibility index (Phi) is 5.54. The Hall–Kier alpha value is -2.51. The number of aryl methyl sites for hydroxylation is 1. The maximum absolute atomic E-state index is 13.9. The number of thiazole rings is 1. The fraction of sp³-hybridized carbons (Fsp3) is 0.333. The lowest BCUT2D eigenvalue weighted by molar-refractivity contribution is -0.116. The van der Waals surface area contributed by atoms with Crippen LogP contribution in [-0.4, -0.2) is 28.9 Å². The summed E-state index contributed by atoms with van der Waals surface area (Å²) < 4.78 is 19.6. The van der Waals surface area contributed by atoms with Crippen molar-refractivity contribution in [1.29, 1.82) is 0 Å². The molecule has 0 radical (unpaired) electrons. The van der Waals surface area contributed by atoms with Crippen LogP contribution in [0, 0.1) is 5.82 Å². The van der Waals surface area contributed by atoms with Crippen LogP contribution in [0.4, 0.5) is 9.52 Å². The van der Waals surface area contributed by atoms with Gasteiger partial charge in [0.2, 0.25) is 5.91 Å². The fourth-order valence-corrected chi connectivity index (χ4v) is 4.38. The summed E-state index contributed by atoms with van der Waals surface area (Å²) in [6.07, 6.45) is 1.67. The molecule has 0 saturated heterocycles. The molecule has 0 fully saturated rings. The first kappa shape index (κ1) is 18.8. The summed E-state index contributed by atoms with van der Waals surface area (Å²) in [5.74, 6) is 0.713. The highest BCUT2D eigenvalue weighted by molar-refractivity contribution is 7.15. The summed E-state index contributed by atoms with van der Waals surface area (Å²) in [6.45, 7) is 5.10. The normalized spacial score (nSPS) is 14.1. The molecule has 0 unspecified atom stereocenters. The van der Waals surface area contributed by atoms with Crippen LogP contribution >= 0.6 is 11.3 Å². The first-order valence-electron chi connectivity index (χ1n) is 9.46. The molecule has 0 atom stereocenters. The number of benzene rings is 1. The molecular formula is C21H22FN3O2S. The Morgan fingerprint density at radius 1 is 1.32 bits per heavy atom. The standard InChI is InChI=1S/C21H22FN3O2S/c1-2-25-12-11-17-19(13-25)28-21(23-17)24-20(26)10-8-14-7-9-18(27-14)15-5-3-4-6-16(15)22/h3-7,9H,2,8,10-13H2,1H3,(H,23,24,26). The number of halogens is 1. The van der Waals surface area contributed by atoms with Crippen molar-refractivity contribution in [2.24, 2.45) is 0 Å². The maximum Gasteiger partial charge on any atom is 0.226 e. The zero-order chi connectivity index (χ0) is 19.5. The molecular weight excluding hydrogens is 377 g/mol. The van der Waals surface area contributed by atoms with Crippen molar-refractivity contribution in [3.8, 4) is 11.3 Å². The molecule has 7 heteroatoms. The number of amides is 1. The molecule has 0 spiro atoms. The molecule has 4 rings (SSSR count). The third kappa shape index (κ3) is 4.15. The lowest BCUT2D eigenvalue weighted by atomic mass is 10.1. The van der Waals surface area contributed by atoms with E-state index in [2.05, 4.69) is 22.1 Å². The molecule has 2 aromatic heterocycles. The predicted octanol–water partition coefficient (Wildman–Crippen LogP) is 4.49. The van der Waals surface area contributed by atoms with Crippen molar-refractivity contribution >= 4 is 22.4 Å². The number of rotatable bonds is 6. The molecule has 3 aromatic rings. The van der Waals surface area contributed by atoms with Crippen LogP contribution in [0.25, 0.3) is 11.3 Å². The summed E-state index contributed by atoms with van der Waals surface area (Å²) >= 11 is 1.56. The highest BCUT2D eigenvalue weighted by Crippen LogP contribution is 2.29. The third-order valence-corrected chi connectivity index (χ3v) is 5.90. The molecule has 3 heterocycles. The van der Waals surface area contributed by atoms with Crippen molar-refractivity contribution in [2.45, 2.75) is 32.7 Å². The maximum atomic E-state index is 13.9. The number of anilines is 1. The van der Waals surface area contributed by atoms with E-state index in [-0.39, 0.29) is 18.1 Å². The second kappa shape index (κ2) is 8.24. The minimum atomic E-state index is -0.324. The highest BCUT2D eigenvalue weighted by atomic mass is 32.1. The van der Waals surface area contributed by atoms with Gasteiger partial charge in [0.25, 0.3) is 0 Å². The van der Waals surface area contributed by atoms with Crippen molar-refractivity contribution in [1.82, 2.24) is 9.88 Å². The van der Waals surface area contributed by atoms with Gasteiger partial charge in [-0.15, -0.1) is 11.3 Å². The Morgan fingerprint density at radius 3 is 3.00 bits per heavy atom. The molecule has 0 aliphatic carbocycles. The molecule has 1 aliphatic heterocycles. The Labute approximate surface area is 167 Å². The van der Waals surface area contributed by atoms with Crippen molar-refractivity contribution in [3.63, 3.8) is 0 Å². The van der Waals surface area contributed by atoms with E-state index in [0.717, 1.165) is 31.7 Å². The smallest absolute Gasteiger partial charge is 0.226 e. The number of nitrogens with zero attached hydrogens (tertiary/aromatic N) is 2. The van der Waals surface area contributed by atoms with Crippen LogP contribution in [0.5, 0.6) is 0 Å². The van der Waals surface area contributed by atoms with Gasteiger partial charge in [0.05, 0.1) is 11.3 Å². The van der Waals surface area contributed by atoms with Crippen LogP contribution < -0.4 is 5.32 Å². The number of nitrogens with one attached hydrogen (secondary N) is 1. The van der Waals surface area contributed by atoms with Gasteiger partial charge in [-0.25, -0.2) is 9.37 Å². The highest BCUT2D eigenvalue weighted by Gasteiger charge is 2.20. The molecule has 1 aliphatic rings. The monoisotopic (exact) mass is 399 g/mol. The zero-order valence-corrected chi connectivity index (χ0v) is 16.5.